The van der Waals surface area contributed by atoms with E-state index in [4.69, 9.17) is 33.3 Å². The minimum absolute atomic E-state index is 0.0276. The average Bonchev–Trinajstić information content (AvgIpc) is 2.67. The molecule has 1 N–H and O–H groups in total. The summed E-state index contributed by atoms with van der Waals surface area (Å²) in [6.45, 7) is 1.86. The van der Waals surface area contributed by atoms with E-state index in [0.29, 0.717) is 27.8 Å². The number of benzene rings is 2. The fourth-order valence-corrected chi connectivity index (χ4v) is 3.31. The van der Waals surface area contributed by atoms with Crippen molar-refractivity contribution in [3.05, 3.63) is 58.1 Å². The molecule has 0 radical (unpaired) electrons. The number of methoxy groups -OCH3 is 2. The number of nitrogens with zero attached hydrogens (tertiary/aromatic N) is 1. The fraction of sp³-hybridized carbons (Fsp3) is 0.150. The third-order valence-electron chi connectivity index (χ3n) is 4.26. The predicted octanol–water partition coefficient (Wildman–Crippen LogP) is 3.50. The van der Waals surface area contributed by atoms with Crippen molar-refractivity contribution in [3.8, 4) is 11.5 Å². The van der Waals surface area contributed by atoms with Crippen LogP contribution in [0.1, 0.15) is 11.1 Å². The smallest absolute Gasteiger partial charge is 0.270 e. The van der Waals surface area contributed by atoms with E-state index in [0.717, 1.165) is 5.56 Å². The lowest BCUT2D eigenvalue weighted by Crippen LogP contribution is -2.54. The van der Waals surface area contributed by atoms with Crippen LogP contribution in [0.4, 0.5) is 5.69 Å². The Hall–Kier alpha value is -2.90. The van der Waals surface area contributed by atoms with Gasteiger partial charge in [0.05, 0.1) is 24.9 Å². The van der Waals surface area contributed by atoms with Crippen LogP contribution < -0.4 is 19.7 Å². The van der Waals surface area contributed by atoms with Gasteiger partial charge in [-0.15, -0.1) is 0 Å². The van der Waals surface area contributed by atoms with Crippen LogP contribution in [0.3, 0.4) is 0 Å². The Kier molecular flexibility index (Phi) is 5.67. The van der Waals surface area contributed by atoms with Crippen LogP contribution in [0, 0.1) is 6.92 Å². The maximum atomic E-state index is 13.1. The molecule has 0 unspecified atom stereocenters. The molecule has 28 heavy (non-hydrogen) atoms. The lowest BCUT2D eigenvalue weighted by molar-refractivity contribution is -0.122. The van der Waals surface area contributed by atoms with Crippen LogP contribution in [0.5, 0.6) is 11.5 Å². The summed E-state index contributed by atoms with van der Waals surface area (Å²) in [5.41, 5.74) is 1.79. The number of hydrogen-bond donors (Lipinski definition) is 1. The Morgan fingerprint density at radius 2 is 1.75 bits per heavy atom. The molecule has 1 fully saturated rings. The molecule has 0 atom stereocenters. The highest BCUT2D eigenvalue weighted by atomic mass is 35.5. The number of halogens is 1. The van der Waals surface area contributed by atoms with E-state index in [1.54, 1.807) is 24.3 Å². The van der Waals surface area contributed by atoms with Crippen LogP contribution in [0.2, 0.25) is 5.02 Å². The summed E-state index contributed by atoms with van der Waals surface area (Å²) >= 11 is 11.5. The summed E-state index contributed by atoms with van der Waals surface area (Å²) in [7, 11) is 2.98. The fourth-order valence-electron chi connectivity index (χ4n) is 2.83. The number of hydrogen-bond acceptors (Lipinski definition) is 5. The van der Waals surface area contributed by atoms with Gasteiger partial charge in [0, 0.05) is 6.07 Å². The molecular formula is C20H17ClN2O4S. The maximum absolute atomic E-state index is 13.1. The molecule has 3 rings (SSSR count). The molecule has 6 nitrogen and oxygen atoms in total. The SMILES string of the molecule is COc1cc(Cl)c(/C=C2\C(=O)NC(=S)N(c3ccccc3C)C2=O)cc1OC. The topological polar surface area (TPSA) is 67.9 Å². The molecule has 0 bridgehead atoms. The molecule has 8 heteroatoms. The van der Waals surface area contributed by atoms with Crippen LogP contribution in [-0.2, 0) is 9.59 Å². The summed E-state index contributed by atoms with van der Waals surface area (Å²) in [4.78, 5) is 26.9. The van der Waals surface area contributed by atoms with Crippen LogP contribution in [-0.4, -0.2) is 31.1 Å². The van der Waals surface area contributed by atoms with Crippen molar-refractivity contribution in [2.75, 3.05) is 19.1 Å². The quantitative estimate of drug-likeness (QED) is 0.469. The van der Waals surface area contributed by atoms with E-state index in [1.807, 2.05) is 19.1 Å². The second kappa shape index (κ2) is 8.00. The second-order valence-corrected chi connectivity index (χ2v) is 6.77. The molecular weight excluding hydrogens is 400 g/mol. The first-order chi connectivity index (χ1) is 13.4. The van der Waals surface area contributed by atoms with Gasteiger partial charge < -0.3 is 9.47 Å². The predicted molar refractivity (Wildman–Crippen MR) is 112 cm³/mol. The summed E-state index contributed by atoms with van der Waals surface area (Å²) in [6, 6.07) is 10.4. The van der Waals surface area contributed by atoms with Crippen molar-refractivity contribution < 1.29 is 19.1 Å². The normalized spacial score (nSPS) is 15.6. The number of carbonyl (C=O) groups is 2. The van der Waals surface area contributed by atoms with Gasteiger partial charge >= 0.3 is 0 Å². The first kappa shape index (κ1) is 19.9. The second-order valence-electron chi connectivity index (χ2n) is 5.97. The average molecular weight is 417 g/mol. The van der Waals surface area contributed by atoms with E-state index in [2.05, 4.69) is 5.32 Å². The number of amides is 2. The van der Waals surface area contributed by atoms with Crippen LogP contribution in [0.15, 0.2) is 42.0 Å². The minimum atomic E-state index is -0.592. The van der Waals surface area contributed by atoms with Gasteiger partial charge in [0.15, 0.2) is 16.6 Å². The number of rotatable bonds is 4. The summed E-state index contributed by atoms with van der Waals surface area (Å²) < 4.78 is 10.5. The largest absolute Gasteiger partial charge is 0.493 e. The number of anilines is 1. The van der Waals surface area contributed by atoms with Gasteiger partial charge in [0.2, 0.25) is 0 Å². The molecule has 0 aromatic heterocycles. The van der Waals surface area contributed by atoms with Crippen molar-refractivity contribution >= 4 is 52.5 Å². The highest BCUT2D eigenvalue weighted by Gasteiger charge is 2.35. The number of carbonyl (C=O) groups excluding carboxylic acids is 2. The molecule has 0 saturated carbocycles. The van der Waals surface area contributed by atoms with Crippen molar-refractivity contribution in [1.82, 2.24) is 5.32 Å². The molecule has 0 spiro atoms. The highest BCUT2D eigenvalue weighted by molar-refractivity contribution is 7.80. The van der Waals surface area contributed by atoms with E-state index < -0.39 is 11.8 Å². The van der Waals surface area contributed by atoms with E-state index in [-0.39, 0.29) is 10.7 Å². The molecule has 2 amide bonds. The van der Waals surface area contributed by atoms with Crippen LogP contribution >= 0.6 is 23.8 Å². The molecule has 144 valence electrons. The first-order valence-electron chi connectivity index (χ1n) is 8.26. The van der Waals surface area contributed by atoms with Crippen molar-refractivity contribution in [3.63, 3.8) is 0 Å². The zero-order chi connectivity index (χ0) is 20.4. The van der Waals surface area contributed by atoms with Crippen LogP contribution in [0.25, 0.3) is 6.08 Å². The van der Waals surface area contributed by atoms with E-state index in [1.165, 1.54) is 25.2 Å². The number of para-hydroxylation sites is 1. The highest BCUT2D eigenvalue weighted by Crippen LogP contribution is 2.34. The maximum Gasteiger partial charge on any atom is 0.270 e. The lowest BCUT2D eigenvalue weighted by Gasteiger charge is -2.30. The lowest BCUT2D eigenvalue weighted by atomic mass is 10.1. The Balaban J connectivity index is 2.09. The summed E-state index contributed by atoms with van der Waals surface area (Å²) in [6.07, 6.45) is 1.41. The summed E-state index contributed by atoms with van der Waals surface area (Å²) in [5.74, 6) is -0.259. The van der Waals surface area contributed by atoms with Crippen molar-refractivity contribution in [2.24, 2.45) is 0 Å². The standard InChI is InChI=1S/C20H17ClN2O4S/c1-11-6-4-5-7-15(11)23-19(25)13(18(24)22-20(23)28)8-12-9-16(26-2)17(27-3)10-14(12)21/h4-10H,1-3H3,(H,22,24,28)/b13-8+. The van der Waals surface area contributed by atoms with Gasteiger partial charge in [-0.3, -0.25) is 19.8 Å². The third-order valence-corrected chi connectivity index (χ3v) is 4.87. The van der Waals surface area contributed by atoms with Gasteiger partial charge in [0.1, 0.15) is 5.57 Å². The molecule has 1 aliphatic heterocycles. The van der Waals surface area contributed by atoms with Gasteiger partial charge in [-0.2, -0.15) is 0 Å². The molecule has 2 aromatic rings. The molecule has 1 heterocycles. The number of thiocarbonyl (C=S) groups is 1. The van der Waals surface area contributed by atoms with Crippen molar-refractivity contribution in [2.45, 2.75) is 6.92 Å². The number of aryl methyl sites for hydroxylation is 1. The number of nitrogens with one attached hydrogen (secondary N) is 1. The van der Waals surface area contributed by atoms with Gasteiger partial charge in [-0.1, -0.05) is 29.8 Å². The molecule has 0 aliphatic carbocycles. The van der Waals surface area contributed by atoms with E-state index in [9.17, 15) is 9.59 Å². The number of ether oxygens (including phenoxy) is 2. The third kappa shape index (κ3) is 3.58. The Bertz CT molecular complexity index is 1020. The van der Waals surface area contributed by atoms with Gasteiger partial charge in [0.25, 0.3) is 11.8 Å². The van der Waals surface area contributed by atoms with E-state index >= 15 is 0 Å². The Labute approximate surface area is 172 Å². The zero-order valence-electron chi connectivity index (χ0n) is 15.4. The summed E-state index contributed by atoms with van der Waals surface area (Å²) in [5, 5.41) is 2.89. The van der Waals surface area contributed by atoms with Gasteiger partial charge in [-0.05, 0) is 48.5 Å². The zero-order valence-corrected chi connectivity index (χ0v) is 17.0. The van der Waals surface area contributed by atoms with Crippen molar-refractivity contribution in [1.29, 1.82) is 0 Å². The minimum Gasteiger partial charge on any atom is -0.493 e. The Morgan fingerprint density at radius 1 is 1.11 bits per heavy atom. The molecule has 1 saturated heterocycles. The first-order valence-corrected chi connectivity index (χ1v) is 9.04. The van der Waals surface area contributed by atoms with Gasteiger partial charge in [-0.25, -0.2) is 0 Å². The molecule has 1 aliphatic rings. The molecule has 2 aromatic carbocycles. The Morgan fingerprint density at radius 3 is 2.39 bits per heavy atom. The monoisotopic (exact) mass is 416 g/mol.